The molecule has 1 amide bonds. The third-order valence-corrected chi connectivity index (χ3v) is 6.03. The molecule has 0 radical (unpaired) electrons. The number of pyridine rings is 1. The maximum Gasteiger partial charge on any atom is 0.259 e. The van der Waals surface area contributed by atoms with Crippen LogP contribution in [0.15, 0.2) is 10.6 Å². The van der Waals surface area contributed by atoms with Gasteiger partial charge in [0.2, 0.25) is 10.0 Å². The molecule has 3 heterocycles. The highest BCUT2D eigenvalue weighted by atomic mass is 32.2. The Labute approximate surface area is 153 Å². The monoisotopic (exact) mass is 380 g/mol. The summed E-state index contributed by atoms with van der Waals surface area (Å²) < 4.78 is 29.9. The topological polar surface area (TPSA) is 105 Å². The van der Waals surface area contributed by atoms with E-state index in [1.54, 1.807) is 13.0 Å². The van der Waals surface area contributed by atoms with Crippen LogP contribution in [0.25, 0.3) is 11.1 Å². The molecule has 2 aromatic heterocycles. The Morgan fingerprint density at radius 3 is 2.58 bits per heavy atom. The molecule has 0 unspecified atom stereocenters. The molecule has 0 aliphatic carbocycles. The molecule has 1 aliphatic heterocycles. The normalized spacial score (nSPS) is 17.1. The number of hydrogen-bond acceptors (Lipinski definition) is 6. The van der Waals surface area contributed by atoms with Crippen LogP contribution in [-0.2, 0) is 10.0 Å². The van der Waals surface area contributed by atoms with Gasteiger partial charge in [-0.2, -0.15) is 0 Å². The maximum atomic E-state index is 12.9. The van der Waals surface area contributed by atoms with Crippen molar-refractivity contribution in [2.24, 2.45) is 0 Å². The van der Waals surface area contributed by atoms with Crippen molar-refractivity contribution in [1.29, 1.82) is 0 Å². The fraction of sp³-hybridized carbons (Fsp3) is 0.588. The Kier molecular flexibility index (Phi) is 5.03. The van der Waals surface area contributed by atoms with E-state index in [-0.39, 0.29) is 17.9 Å². The Bertz CT molecular complexity index is 928. The van der Waals surface area contributed by atoms with E-state index in [9.17, 15) is 13.2 Å². The van der Waals surface area contributed by atoms with Gasteiger partial charge in [-0.25, -0.2) is 17.7 Å². The molecule has 1 saturated heterocycles. The van der Waals surface area contributed by atoms with Crippen molar-refractivity contribution in [2.45, 2.75) is 45.6 Å². The Hall–Kier alpha value is -2.00. The fourth-order valence-corrected chi connectivity index (χ4v) is 4.06. The van der Waals surface area contributed by atoms with E-state index in [0.717, 1.165) is 5.69 Å². The second-order valence-corrected chi connectivity index (χ2v) is 9.09. The average Bonchev–Trinajstić information content (AvgIpc) is 2.95. The van der Waals surface area contributed by atoms with Crippen LogP contribution in [0.4, 0.5) is 0 Å². The molecule has 0 aromatic carbocycles. The van der Waals surface area contributed by atoms with Gasteiger partial charge in [0.1, 0.15) is 0 Å². The van der Waals surface area contributed by atoms with Crippen molar-refractivity contribution >= 4 is 27.0 Å². The summed E-state index contributed by atoms with van der Waals surface area (Å²) in [6.07, 6.45) is 2.39. The third kappa shape index (κ3) is 3.73. The Morgan fingerprint density at radius 1 is 1.35 bits per heavy atom. The lowest BCUT2D eigenvalue weighted by atomic mass is 10.0. The molecule has 1 fully saturated rings. The van der Waals surface area contributed by atoms with Crippen LogP contribution in [0.3, 0.4) is 0 Å². The van der Waals surface area contributed by atoms with E-state index < -0.39 is 10.0 Å². The van der Waals surface area contributed by atoms with Crippen LogP contribution in [0, 0.1) is 6.92 Å². The van der Waals surface area contributed by atoms with Crippen molar-refractivity contribution in [1.82, 2.24) is 19.8 Å². The summed E-state index contributed by atoms with van der Waals surface area (Å²) in [4.78, 5) is 17.3. The highest BCUT2D eigenvalue weighted by Crippen LogP contribution is 2.25. The summed E-state index contributed by atoms with van der Waals surface area (Å²) in [7, 11) is -3.18. The number of nitrogens with one attached hydrogen (secondary N) is 1. The van der Waals surface area contributed by atoms with E-state index in [1.807, 2.05) is 13.8 Å². The summed E-state index contributed by atoms with van der Waals surface area (Å²) in [5, 5.41) is 7.58. The number of fused-ring (bicyclic) bond motifs is 1. The molecule has 2 aromatic rings. The van der Waals surface area contributed by atoms with Crippen LogP contribution in [0.1, 0.15) is 54.4 Å². The van der Waals surface area contributed by atoms with Gasteiger partial charge >= 0.3 is 0 Å². The van der Waals surface area contributed by atoms with Gasteiger partial charge in [0.05, 0.1) is 22.9 Å². The van der Waals surface area contributed by atoms with Gasteiger partial charge in [-0.05, 0) is 31.7 Å². The van der Waals surface area contributed by atoms with Crippen molar-refractivity contribution < 1.29 is 17.7 Å². The summed E-state index contributed by atoms with van der Waals surface area (Å²) >= 11 is 0. The fourth-order valence-electron chi connectivity index (χ4n) is 3.18. The highest BCUT2D eigenvalue weighted by Gasteiger charge is 2.27. The molecule has 0 atom stereocenters. The van der Waals surface area contributed by atoms with E-state index in [2.05, 4.69) is 15.5 Å². The van der Waals surface area contributed by atoms with E-state index in [4.69, 9.17) is 4.52 Å². The molecule has 0 saturated carbocycles. The summed E-state index contributed by atoms with van der Waals surface area (Å²) in [5.74, 6) is -0.0576. The number of amides is 1. The van der Waals surface area contributed by atoms with Crippen molar-refractivity contribution in [3.63, 3.8) is 0 Å². The van der Waals surface area contributed by atoms with Crippen molar-refractivity contribution in [3.8, 4) is 0 Å². The van der Waals surface area contributed by atoms with Gasteiger partial charge in [0.15, 0.2) is 0 Å². The number of carbonyl (C=O) groups is 1. The lowest BCUT2D eigenvalue weighted by Crippen LogP contribution is -2.46. The third-order valence-electron chi connectivity index (χ3n) is 4.73. The lowest BCUT2D eigenvalue weighted by Gasteiger charge is -2.30. The zero-order valence-corrected chi connectivity index (χ0v) is 16.3. The first-order valence-electron chi connectivity index (χ1n) is 8.69. The van der Waals surface area contributed by atoms with Gasteiger partial charge in [-0.1, -0.05) is 19.0 Å². The number of rotatable bonds is 4. The molecule has 3 rings (SSSR count). The minimum atomic E-state index is -3.18. The molecular weight excluding hydrogens is 356 g/mol. The first-order valence-corrected chi connectivity index (χ1v) is 10.5. The van der Waals surface area contributed by atoms with Crippen LogP contribution in [0.5, 0.6) is 0 Å². The second kappa shape index (κ2) is 6.96. The smallest absolute Gasteiger partial charge is 0.259 e. The van der Waals surface area contributed by atoms with Crippen LogP contribution in [-0.4, -0.2) is 54.2 Å². The molecular formula is C17H24N4O4S. The zero-order valence-electron chi connectivity index (χ0n) is 15.4. The van der Waals surface area contributed by atoms with Crippen LogP contribution >= 0.6 is 0 Å². The van der Waals surface area contributed by atoms with E-state index in [0.29, 0.717) is 48.3 Å². The van der Waals surface area contributed by atoms with E-state index in [1.165, 1.54) is 10.6 Å². The van der Waals surface area contributed by atoms with Gasteiger partial charge in [0.25, 0.3) is 11.6 Å². The molecule has 1 N–H and O–H groups in total. The summed E-state index contributed by atoms with van der Waals surface area (Å²) in [6, 6.07) is 1.73. The molecule has 1 aliphatic rings. The zero-order chi connectivity index (χ0) is 19.1. The molecule has 0 spiro atoms. The summed E-state index contributed by atoms with van der Waals surface area (Å²) in [6.45, 7) is 6.61. The van der Waals surface area contributed by atoms with Crippen molar-refractivity contribution in [2.75, 3.05) is 19.3 Å². The molecule has 26 heavy (non-hydrogen) atoms. The number of hydrogen-bond donors (Lipinski definition) is 1. The minimum Gasteiger partial charge on any atom is -0.349 e. The van der Waals surface area contributed by atoms with Gasteiger partial charge in [-0.15, -0.1) is 0 Å². The number of carbonyl (C=O) groups excluding carboxylic acids is 1. The molecule has 142 valence electrons. The van der Waals surface area contributed by atoms with Gasteiger partial charge in [0, 0.05) is 24.8 Å². The highest BCUT2D eigenvalue weighted by molar-refractivity contribution is 7.88. The quantitative estimate of drug-likeness (QED) is 0.867. The number of piperidine rings is 1. The van der Waals surface area contributed by atoms with Gasteiger partial charge < -0.3 is 9.84 Å². The lowest BCUT2D eigenvalue weighted by molar-refractivity contribution is 0.0925. The number of nitrogens with zero attached hydrogens (tertiary/aromatic N) is 3. The molecule has 8 nitrogen and oxygen atoms in total. The predicted octanol–water partition coefficient (Wildman–Crippen LogP) is 1.81. The maximum absolute atomic E-state index is 12.9. The van der Waals surface area contributed by atoms with Gasteiger partial charge in [-0.3, -0.25) is 4.79 Å². The number of sulfonamides is 1. The number of aryl methyl sites for hydroxylation is 1. The predicted molar refractivity (Wildman–Crippen MR) is 97.5 cm³/mol. The molecule has 9 heteroatoms. The Morgan fingerprint density at radius 2 is 2.00 bits per heavy atom. The first kappa shape index (κ1) is 18.8. The summed E-state index contributed by atoms with van der Waals surface area (Å²) in [5.41, 5.74) is 2.26. The van der Waals surface area contributed by atoms with E-state index >= 15 is 0 Å². The van der Waals surface area contributed by atoms with Crippen LogP contribution in [0.2, 0.25) is 0 Å². The number of aromatic nitrogens is 2. The standard InChI is InChI=1S/C17H24N4O4S/c1-10(2)14-9-13(15-11(3)20-25-17(15)19-14)16(22)18-12-5-7-21(8-6-12)26(4,23)24/h9-10,12H,5-8H2,1-4H3,(H,18,22). The SMILES string of the molecule is Cc1noc2nc(C(C)C)cc(C(=O)NC3CCN(S(C)(=O)=O)CC3)c12. The molecule has 0 bridgehead atoms. The second-order valence-electron chi connectivity index (χ2n) is 7.11. The average molecular weight is 380 g/mol. The van der Waals surface area contributed by atoms with Crippen LogP contribution < -0.4 is 5.32 Å². The first-order chi connectivity index (χ1) is 12.2. The largest absolute Gasteiger partial charge is 0.349 e. The minimum absolute atomic E-state index is 0.0635. The van der Waals surface area contributed by atoms with Crippen molar-refractivity contribution in [3.05, 3.63) is 23.0 Å². The Balaban J connectivity index is 1.81.